The number of hydrogen-bond donors (Lipinski definition) is 1. The molecular weight excluding hydrogens is 374 g/mol. The molecule has 1 aliphatic rings. The van der Waals surface area contributed by atoms with Gasteiger partial charge in [0.15, 0.2) is 16.6 Å². The van der Waals surface area contributed by atoms with E-state index < -0.39 is 4.92 Å². The van der Waals surface area contributed by atoms with E-state index in [9.17, 15) is 14.9 Å². The average Bonchev–Trinajstić information content (AvgIpc) is 2.91. The van der Waals surface area contributed by atoms with Gasteiger partial charge in [0.2, 0.25) is 0 Å². The Labute approximate surface area is 162 Å². The van der Waals surface area contributed by atoms with E-state index in [1.54, 1.807) is 0 Å². The van der Waals surface area contributed by atoms with Crippen LogP contribution in [0.15, 0.2) is 17.8 Å². The minimum Gasteiger partial charge on any atom is -0.493 e. The number of amides is 1. The number of thiocarbonyl (C=S) groups is 1. The summed E-state index contributed by atoms with van der Waals surface area (Å²) in [6.45, 7) is 3.41. The number of carbonyl (C=O) groups excluding carboxylic acids is 1. The highest BCUT2D eigenvalue weighted by Crippen LogP contribution is 2.35. The zero-order chi connectivity index (χ0) is 20.0. The fraction of sp³-hybridized carbons (Fsp3) is 0.412. The molecule has 1 aliphatic heterocycles. The SMILES string of the molecule is CCOCCCN1C(=O)/C(=C\c2cc(OC)c(OC)cc2[N+](=O)[O-])NC1=S. The summed E-state index contributed by atoms with van der Waals surface area (Å²) in [6, 6.07) is 2.70. The summed E-state index contributed by atoms with van der Waals surface area (Å²) in [4.78, 5) is 24.8. The highest BCUT2D eigenvalue weighted by Gasteiger charge is 2.31. The lowest BCUT2D eigenvalue weighted by Gasteiger charge is -2.13. The third-order valence-electron chi connectivity index (χ3n) is 3.87. The number of nitro benzene ring substituents is 1. The smallest absolute Gasteiger partial charge is 0.280 e. The Morgan fingerprint density at radius 1 is 1.30 bits per heavy atom. The van der Waals surface area contributed by atoms with Crippen molar-refractivity contribution in [1.29, 1.82) is 0 Å². The van der Waals surface area contributed by atoms with Crippen LogP contribution in [0.3, 0.4) is 0 Å². The predicted octanol–water partition coefficient (Wildman–Crippen LogP) is 2.10. The summed E-state index contributed by atoms with van der Waals surface area (Å²) >= 11 is 5.20. The molecule has 0 radical (unpaired) electrons. The Hall–Kier alpha value is -2.72. The highest BCUT2D eigenvalue weighted by molar-refractivity contribution is 7.80. The molecule has 1 amide bonds. The molecule has 0 aliphatic carbocycles. The molecule has 27 heavy (non-hydrogen) atoms. The number of nitrogens with zero attached hydrogens (tertiary/aromatic N) is 2. The zero-order valence-corrected chi connectivity index (χ0v) is 16.1. The molecule has 1 heterocycles. The minimum atomic E-state index is -0.550. The summed E-state index contributed by atoms with van der Waals surface area (Å²) in [7, 11) is 2.81. The molecule has 1 saturated heterocycles. The third-order valence-corrected chi connectivity index (χ3v) is 4.19. The van der Waals surface area contributed by atoms with Gasteiger partial charge in [0.25, 0.3) is 11.6 Å². The van der Waals surface area contributed by atoms with Crippen LogP contribution in [0, 0.1) is 10.1 Å². The Kier molecular flexibility index (Phi) is 7.08. The van der Waals surface area contributed by atoms with Gasteiger partial charge in [-0.15, -0.1) is 0 Å². The molecule has 2 rings (SSSR count). The van der Waals surface area contributed by atoms with Crippen molar-refractivity contribution in [2.45, 2.75) is 13.3 Å². The molecule has 0 aromatic heterocycles. The largest absolute Gasteiger partial charge is 0.493 e. The Morgan fingerprint density at radius 3 is 2.56 bits per heavy atom. The molecule has 9 nitrogen and oxygen atoms in total. The summed E-state index contributed by atoms with van der Waals surface area (Å²) in [6.07, 6.45) is 2.02. The molecule has 146 valence electrons. The Balaban J connectivity index is 2.31. The molecule has 10 heteroatoms. The van der Waals surface area contributed by atoms with Crippen LogP contribution < -0.4 is 14.8 Å². The highest BCUT2D eigenvalue weighted by atomic mass is 32.1. The second-order valence-corrected chi connectivity index (χ2v) is 5.91. The van der Waals surface area contributed by atoms with Crippen LogP contribution in [0.2, 0.25) is 0 Å². The fourth-order valence-corrected chi connectivity index (χ4v) is 2.84. The van der Waals surface area contributed by atoms with Crippen LogP contribution in [0.1, 0.15) is 18.9 Å². The van der Waals surface area contributed by atoms with Crippen LogP contribution in [-0.2, 0) is 9.53 Å². The lowest BCUT2D eigenvalue weighted by Crippen LogP contribution is -2.32. The fourth-order valence-electron chi connectivity index (χ4n) is 2.56. The second kappa shape index (κ2) is 9.28. The normalized spacial score (nSPS) is 15.2. The van der Waals surface area contributed by atoms with Crippen molar-refractivity contribution in [2.24, 2.45) is 0 Å². The first kappa shape index (κ1) is 20.6. The minimum absolute atomic E-state index is 0.159. The molecule has 1 N–H and O–H groups in total. The van der Waals surface area contributed by atoms with Crippen LogP contribution in [-0.4, -0.2) is 54.8 Å². The number of carbonyl (C=O) groups is 1. The van der Waals surface area contributed by atoms with Gasteiger partial charge in [-0.2, -0.15) is 0 Å². The lowest BCUT2D eigenvalue weighted by molar-refractivity contribution is -0.385. The molecule has 0 saturated carbocycles. The molecule has 1 aromatic carbocycles. The van der Waals surface area contributed by atoms with E-state index in [2.05, 4.69) is 5.32 Å². The number of rotatable bonds is 9. The summed E-state index contributed by atoms with van der Waals surface area (Å²) in [5, 5.41) is 14.5. The monoisotopic (exact) mass is 395 g/mol. The van der Waals surface area contributed by atoms with Crippen molar-refractivity contribution in [2.75, 3.05) is 34.0 Å². The van der Waals surface area contributed by atoms with Crippen molar-refractivity contribution in [3.63, 3.8) is 0 Å². The third kappa shape index (κ3) is 4.72. The first-order valence-corrected chi connectivity index (χ1v) is 8.66. The van der Waals surface area contributed by atoms with Crippen molar-refractivity contribution < 1.29 is 23.9 Å². The number of ether oxygens (including phenoxy) is 3. The van der Waals surface area contributed by atoms with Gasteiger partial charge in [-0.3, -0.25) is 19.8 Å². The van der Waals surface area contributed by atoms with Gasteiger partial charge in [-0.05, 0) is 37.7 Å². The second-order valence-electron chi connectivity index (χ2n) is 5.52. The van der Waals surface area contributed by atoms with Crippen LogP contribution in [0.5, 0.6) is 11.5 Å². The van der Waals surface area contributed by atoms with Gasteiger partial charge in [0.1, 0.15) is 5.70 Å². The number of methoxy groups -OCH3 is 2. The molecule has 1 fully saturated rings. The number of benzene rings is 1. The Morgan fingerprint density at radius 2 is 1.96 bits per heavy atom. The first-order chi connectivity index (χ1) is 12.9. The topological polar surface area (TPSA) is 103 Å². The zero-order valence-electron chi connectivity index (χ0n) is 15.3. The maximum absolute atomic E-state index is 12.6. The standard InChI is InChI=1S/C17H21N3O6S/c1-4-26-7-5-6-19-16(21)12(18-17(19)27)8-11-9-14(24-2)15(25-3)10-13(11)20(22)23/h8-10H,4-7H2,1-3H3,(H,18,27)/b12-8+. The first-order valence-electron chi connectivity index (χ1n) is 8.25. The van der Waals surface area contributed by atoms with E-state index >= 15 is 0 Å². The van der Waals surface area contributed by atoms with E-state index in [4.69, 9.17) is 26.4 Å². The lowest BCUT2D eigenvalue weighted by atomic mass is 10.1. The summed E-state index contributed by atoms with van der Waals surface area (Å²) < 4.78 is 15.5. The molecule has 1 aromatic rings. The van der Waals surface area contributed by atoms with E-state index in [1.807, 2.05) is 6.92 Å². The van der Waals surface area contributed by atoms with Gasteiger partial charge in [0, 0.05) is 19.8 Å². The maximum Gasteiger partial charge on any atom is 0.280 e. The van der Waals surface area contributed by atoms with Gasteiger partial charge in [-0.1, -0.05) is 0 Å². The quantitative estimate of drug-likeness (QED) is 0.223. The predicted molar refractivity (Wildman–Crippen MR) is 103 cm³/mol. The van der Waals surface area contributed by atoms with Gasteiger partial charge < -0.3 is 19.5 Å². The van der Waals surface area contributed by atoms with Crippen molar-refractivity contribution in [3.8, 4) is 11.5 Å². The van der Waals surface area contributed by atoms with Gasteiger partial charge in [0.05, 0.1) is 30.8 Å². The molecule has 0 bridgehead atoms. The molecule has 0 spiro atoms. The van der Waals surface area contributed by atoms with Gasteiger partial charge >= 0.3 is 0 Å². The van der Waals surface area contributed by atoms with Crippen LogP contribution in [0.4, 0.5) is 5.69 Å². The number of hydrogen-bond acceptors (Lipinski definition) is 7. The van der Waals surface area contributed by atoms with Crippen LogP contribution >= 0.6 is 12.2 Å². The molecular formula is C17H21N3O6S. The summed E-state index contributed by atoms with van der Waals surface area (Å²) in [5.41, 5.74) is 0.148. The van der Waals surface area contributed by atoms with Crippen molar-refractivity contribution in [3.05, 3.63) is 33.5 Å². The van der Waals surface area contributed by atoms with Gasteiger partial charge in [-0.25, -0.2) is 0 Å². The van der Waals surface area contributed by atoms with Crippen molar-refractivity contribution >= 4 is 35.0 Å². The number of nitro groups is 1. The average molecular weight is 395 g/mol. The van der Waals surface area contributed by atoms with Crippen molar-refractivity contribution in [1.82, 2.24) is 10.2 Å². The number of nitrogens with one attached hydrogen (secondary N) is 1. The maximum atomic E-state index is 12.6. The van der Waals surface area contributed by atoms with E-state index in [0.29, 0.717) is 31.9 Å². The Bertz CT molecular complexity index is 780. The van der Waals surface area contributed by atoms with Crippen LogP contribution in [0.25, 0.3) is 6.08 Å². The van der Waals surface area contributed by atoms with E-state index in [1.165, 1.54) is 37.3 Å². The molecule has 0 unspecified atom stereocenters. The van der Waals surface area contributed by atoms with E-state index in [0.717, 1.165) is 0 Å². The summed E-state index contributed by atoms with van der Waals surface area (Å²) in [5.74, 6) is 0.197. The molecule has 0 atom stereocenters. The van der Waals surface area contributed by atoms with E-state index in [-0.39, 0.29) is 33.7 Å².